The minimum atomic E-state index is -1.03. The maximum Gasteiger partial charge on any atom is 0.310 e. The number of hydrogen-bond acceptors (Lipinski definition) is 6. The van der Waals surface area contributed by atoms with Gasteiger partial charge in [0.05, 0.1) is 11.5 Å². The molecule has 124 valence electrons. The summed E-state index contributed by atoms with van der Waals surface area (Å²) in [5.41, 5.74) is 5.42. The second-order valence-corrected chi connectivity index (χ2v) is 5.25. The SMILES string of the molecule is NC(=O)c1ccc(N2CCN(C(=O)CO)CC(C(=O)O)C2)nc1. The maximum atomic E-state index is 11.6. The van der Waals surface area contributed by atoms with E-state index in [0.29, 0.717) is 12.4 Å². The predicted molar refractivity (Wildman–Crippen MR) is 79.8 cm³/mol. The highest BCUT2D eigenvalue weighted by Gasteiger charge is 2.30. The summed E-state index contributed by atoms with van der Waals surface area (Å²) in [7, 11) is 0. The molecular weight excluding hydrogens is 304 g/mol. The lowest BCUT2D eigenvalue weighted by Crippen LogP contribution is -2.39. The molecule has 2 rings (SSSR count). The predicted octanol–water partition coefficient (Wildman–Crippen LogP) is -1.48. The molecule has 1 aliphatic rings. The van der Waals surface area contributed by atoms with Crippen LogP contribution in [0.5, 0.6) is 0 Å². The molecule has 0 aliphatic carbocycles. The number of pyridine rings is 1. The number of nitrogens with two attached hydrogens (primary N) is 1. The van der Waals surface area contributed by atoms with Gasteiger partial charge in [-0.1, -0.05) is 0 Å². The van der Waals surface area contributed by atoms with Crippen LogP contribution in [0.2, 0.25) is 0 Å². The highest BCUT2D eigenvalue weighted by molar-refractivity contribution is 5.92. The van der Waals surface area contributed by atoms with E-state index < -0.39 is 30.3 Å². The molecule has 0 spiro atoms. The number of aromatic nitrogens is 1. The van der Waals surface area contributed by atoms with E-state index in [1.54, 1.807) is 11.0 Å². The molecule has 2 heterocycles. The monoisotopic (exact) mass is 322 g/mol. The van der Waals surface area contributed by atoms with Crippen molar-refractivity contribution in [3.05, 3.63) is 23.9 Å². The fourth-order valence-corrected chi connectivity index (χ4v) is 2.42. The second kappa shape index (κ2) is 7.05. The van der Waals surface area contributed by atoms with Gasteiger partial charge in [0, 0.05) is 32.4 Å². The third kappa shape index (κ3) is 3.95. The van der Waals surface area contributed by atoms with Gasteiger partial charge in [0.2, 0.25) is 11.8 Å². The van der Waals surface area contributed by atoms with E-state index in [9.17, 15) is 19.5 Å². The fourth-order valence-electron chi connectivity index (χ4n) is 2.42. The Morgan fingerprint density at radius 2 is 2.00 bits per heavy atom. The largest absolute Gasteiger partial charge is 0.481 e. The molecule has 9 nitrogen and oxygen atoms in total. The standard InChI is InChI=1S/C14H18N4O5/c15-13(21)9-1-2-11(16-5-9)17-3-4-18(12(20)8-19)7-10(6-17)14(22)23/h1-2,5,10,19H,3-4,6-8H2,(H2,15,21)(H,22,23). The van der Waals surface area contributed by atoms with E-state index in [4.69, 9.17) is 10.8 Å². The Morgan fingerprint density at radius 3 is 2.52 bits per heavy atom. The highest BCUT2D eigenvalue weighted by atomic mass is 16.4. The van der Waals surface area contributed by atoms with Crippen LogP contribution in [-0.2, 0) is 9.59 Å². The van der Waals surface area contributed by atoms with Gasteiger partial charge in [-0.3, -0.25) is 14.4 Å². The molecule has 1 saturated heterocycles. The van der Waals surface area contributed by atoms with Crippen molar-refractivity contribution >= 4 is 23.6 Å². The van der Waals surface area contributed by atoms with Gasteiger partial charge in [0.15, 0.2) is 0 Å². The van der Waals surface area contributed by atoms with Gasteiger partial charge in [-0.25, -0.2) is 4.98 Å². The number of nitrogens with zero attached hydrogens (tertiary/aromatic N) is 3. The topological polar surface area (TPSA) is 137 Å². The Bertz CT molecular complexity index is 604. The molecule has 0 saturated carbocycles. The zero-order valence-corrected chi connectivity index (χ0v) is 12.4. The van der Waals surface area contributed by atoms with Gasteiger partial charge in [0.25, 0.3) is 0 Å². The minimum absolute atomic E-state index is 0.0323. The third-order valence-corrected chi connectivity index (χ3v) is 3.71. The van der Waals surface area contributed by atoms with Crippen molar-refractivity contribution in [2.75, 3.05) is 37.7 Å². The average molecular weight is 322 g/mol. The number of aliphatic hydroxyl groups is 1. The fraction of sp³-hybridized carbons (Fsp3) is 0.429. The number of aliphatic hydroxyl groups excluding tert-OH is 1. The molecule has 0 bridgehead atoms. The summed E-state index contributed by atoms with van der Waals surface area (Å²) in [5, 5.41) is 18.3. The Morgan fingerprint density at radius 1 is 1.26 bits per heavy atom. The van der Waals surface area contributed by atoms with Crippen LogP contribution in [0.4, 0.5) is 5.82 Å². The first kappa shape index (κ1) is 16.7. The lowest BCUT2D eigenvalue weighted by atomic mass is 10.1. The molecule has 4 N–H and O–H groups in total. The molecule has 1 aromatic rings. The van der Waals surface area contributed by atoms with E-state index in [1.165, 1.54) is 17.2 Å². The third-order valence-electron chi connectivity index (χ3n) is 3.71. The Balaban J connectivity index is 2.20. The molecule has 0 radical (unpaired) electrons. The van der Waals surface area contributed by atoms with Crippen molar-refractivity contribution in [3.63, 3.8) is 0 Å². The number of carbonyl (C=O) groups excluding carboxylic acids is 2. The van der Waals surface area contributed by atoms with Gasteiger partial charge in [-0.05, 0) is 12.1 Å². The van der Waals surface area contributed by atoms with Crippen LogP contribution in [-0.4, -0.2) is 70.7 Å². The first-order chi connectivity index (χ1) is 10.9. The summed E-state index contributed by atoms with van der Waals surface area (Å²) in [6, 6.07) is 3.10. The molecule has 2 amide bonds. The van der Waals surface area contributed by atoms with Crippen LogP contribution in [0.1, 0.15) is 10.4 Å². The van der Waals surface area contributed by atoms with Gasteiger partial charge in [0.1, 0.15) is 12.4 Å². The van der Waals surface area contributed by atoms with Crippen molar-refractivity contribution in [2.24, 2.45) is 11.7 Å². The normalized spacial score (nSPS) is 18.4. The molecular formula is C14H18N4O5. The van der Waals surface area contributed by atoms with E-state index in [1.807, 2.05) is 0 Å². The summed E-state index contributed by atoms with van der Waals surface area (Å²) < 4.78 is 0. The van der Waals surface area contributed by atoms with Crippen molar-refractivity contribution in [1.82, 2.24) is 9.88 Å². The van der Waals surface area contributed by atoms with Crippen LogP contribution in [0.15, 0.2) is 18.3 Å². The van der Waals surface area contributed by atoms with Crippen molar-refractivity contribution in [1.29, 1.82) is 0 Å². The van der Waals surface area contributed by atoms with Gasteiger partial charge in [-0.2, -0.15) is 0 Å². The summed E-state index contributed by atoms with van der Waals surface area (Å²) in [6.07, 6.45) is 1.33. The smallest absolute Gasteiger partial charge is 0.310 e. The van der Waals surface area contributed by atoms with Crippen LogP contribution in [0.3, 0.4) is 0 Å². The number of anilines is 1. The Hall–Kier alpha value is -2.68. The summed E-state index contributed by atoms with van der Waals surface area (Å²) >= 11 is 0. The molecule has 9 heteroatoms. The lowest BCUT2D eigenvalue weighted by molar-refractivity contribution is -0.143. The Kier molecular flexibility index (Phi) is 5.12. The molecule has 23 heavy (non-hydrogen) atoms. The number of carboxylic acids is 1. The van der Waals surface area contributed by atoms with E-state index in [2.05, 4.69) is 4.98 Å². The number of carboxylic acid groups (broad SMARTS) is 1. The molecule has 1 unspecified atom stereocenters. The lowest BCUT2D eigenvalue weighted by Gasteiger charge is -2.23. The first-order valence-corrected chi connectivity index (χ1v) is 7.04. The molecule has 1 aromatic heterocycles. The minimum Gasteiger partial charge on any atom is -0.481 e. The summed E-state index contributed by atoms with van der Waals surface area (Å²) in [5.74, 6) is -2.43. The number of aliphatic carboxylic acids is 1. The highest BCUT2D eigenvalue weighted by Crippen LogP contribution is 2.17. The summed E-state index contributed by atoms with van der Waals surface area (Å²) in [6.45, 7) is 0.205. The van der Waals surface area contributed by atoms with Crippen molar-refractivity contribution in [2.45, 2.75) is 0 Å². The molecule has 0 aromatic carbocycles. The van der Waals surface area contributed by atoms with Crippen molar-refractivity contribution in [3.8, 4) is 0 Å². The van der Waals surface area contributed by atoms with Crippen LogP contribution >= 0.6 is 0 Å². The van der Waals surface area contributed by atoms with Crippen LogP contribution in [0.25, 0.3) is 0 Å². The maximum absolute atomic E-state index is 11.6. The zero-order valence-electron chi connectivity index (χ0n) is 12.4. The molecule has 1 atom stereocenters. The molecule has 1 aliphatic heterocycles. The number of carbonyl (C=O) groups is 3. The number of hydrogen-bond donors (Lipinski definition) is 3. The first-order valence-electron chi connectivity index (χ1n) is 7.04. The second-order valence-electron chi connectivity index (χ2n) is 5.25. The van der Waals surface area contributed by atoms with E-state index in [-0.39, 0.29) is 25.2 Å². The number of rotatable bonds is 4. The molecule has 1 fully saturated rings. The number of amides is 2. The average Bonchev–Trinajstić information content (AvgIpc) is 2.77. The van der Waals surface area contributed by atoms with E-state index >= 15 is 0 Å². The summed E-state index contributed by atoms with van der Waals surface area (Å²) in [4.78, 5) is 41.3. The zero-order chi connectivity index (χ0) is 17.0. The van der Waals surface area contributed by atoms with Gasteiger partial charge >= 0.3 is 5.97 Å². The van der Waals surface area contributed by atoms with Crippen LogP contribution in [0, 0.1) is 5.92 Å². The number of primary amides is 1. The van der Waals surface area contributed by atoms with Gasteiger partial charge < -0.3 is 25.7 Å². The van der Waals surface area contributed by atoms with E-state index in [0.717, 1.165) is 0 Å². The van der Waals surface area contributed by atoms with Crippen molar-refractivity contribution < 1.29 is 24.6 Å². The van der Waals surface area contributed by atoms with Crippen LogP contribution < -0.4 is 10.6 Å². The Labute approximate surface area is 132 Å². The van der Waals surface area contributed by atoms with Gasteiger partial charge in [-0.15, -0.1) is 0 Å². The quantitative estimate of drug-likeness (QED) is 0.615.